The molecule has 0 saturated heterocycles. The van der Waals surface area contributed by atoms with Crippen LogP contribution in [0, 0.1) is 0 Å². The molecule has 0 amide bonds. The van der Waals surface area contributed by atoms with Gasteiger partial charge in [0, 0.05) is 11.3 Å². The van der Waals surface area contributed by atoms with Crippen molar-refractivity contribution in [1.82, 2.24) is 14.8 Å². The van der Waals surface area contributed by atoms with E-state index in [1.807, 2.05) is 18.5 Å². The largest absolute Gasteiger partial charge is 0.298 e. The molecule has 1 unspecified atom stereocenters. The lowest BCUT2D eigenvalue weighted by Crippen LogP contribution is -2.15. The second kappa shape index (κ2) is 6.79. The maximum absolute atomic E-state index is 11.8. The summed E-state index contributed by atoms with van der Waals surface area (Å²) in [5.74, 6) is 1.57. The summed E-state index contributed by atoms with van der Waals surface area (Å²) < 4.78 is 1.81. The van der Waals surface area contributed by atoms with Crippen molar-refractivity contribution in [3.05, 3.63) is 12.2 Å². The highest BCUT2D eigenvalue weighted by molar-refractivity contribution is 8.00. The van der Waals surface area contributed by atoms with Gasteiger partial charge in [0.25, 0.3) is 0 Å². The van der Waals surface area contributed by atoms with Gasteiger partial charge in [-0.1, -0.05) is 13.8 Å². The van der Waals surface area contributed by atoms with Gasteiger partial charge in [0.2, 0.25) is 0 Å². The zero-order valence-corrected chi connectivity index (χ0v) is 11.8. The molecule has 0 N–H and O–H groups in total. The molecule has 1 atom stereocenters. The van der Waals surface area contributed by atoms with Crippen molar-refractivity contribution in [2.45, 2.75) is 51.8 Å². The molecule has 1 rings (SSSR count). The topological polar surface area (TPSA) is 47.8 Å². The van der Waals surface area contributed by atoms with Crippen LogP contribution in [0.1, 0.15) is 46.0 Å². The molecule has 96 valence electrons. The summed E-state index contributed by atoms with van der Waals surface area (Å²) in [6.07, 6.45) is 3.01. The Bertz CT molecular complexity index is 362. The third kappa shape index (κ3) is 4.50. The van der Waals surface area contributed by atoms with E-state index < -0.39 is 0 Å². The van der Waals surface area contributed by atoms with E-state index in [0.29, 0.717) is 17.4 Å². The lowest BCUT2D eigenvalue weighted by atomic mass is 10.3. The van der Waals surface area contributed by atoms with E-state index in [-0.39, 0.29) is 11.8 Å². The van der Waals surface area contributed by atoms with Crippen LogP contribution in [0.2, 0.25) is 0 Å². The molecule has 4 nitrogen and oxygen atoms in total. The van der Waals surface area contributed by atoms with E-state index in [9.17, 15) is 4.79 Å². The molecule has 0 aliphatic carbocycles. The van der Waals surface area contributed by atoms with E-state index >= 15 is 0 Å². The molecule has 0 bridgehead atoms. The number of rotatable bonds is 7. The fraction of sp³-hybridized carbons (Fsp3) is 0.750. The van der Waals surface area contributed by atoms with Crippen LogP contribution >= 0.6 is 11.8 Å². The van der Waals surface area contributed by atoms with Crippen LogP contribution in [-0.4, -0.2) is 31.6 Å². The Hall–Kier alpha value is -0.840. The molecule has 17 heavy (non-hydrogen) atoms. The van der Waals surface area contributed by atoms with E-state index in [4.69, 9.17) is 0 Å². The molecule has 0 aliphatic heterocycles. The molecule has 0 spiro atoms. The van der Waals surface area contributed by atoms with E-state index in [1.54, 1.807) is 11.8 Å². The monoisotopic (exact) mass is 255 g/mol. The molecule has 1 aromatic heterocycles. The SMILES string of the molecule is CCC(C)SCC(=O)Cc1ncnn1C(C)C. The second-order valence-electron chi connectivity index (χ2n) is 4.46. The summed E-state index contributed by atoms with van der Waals surface area (Å²) in [5.41, 5.74) is 0. The van der Waals surface area contributed by atoms with E-state index in [0.717, 1.165) is 12.2 Å². The molecule has 0 fully saturated rings. The van der Waals surface area contributed by atoms with Gasteiger partial charge in [-0.2, -0.15) is 16.9 Å². The number of ketones is 1. The Labute approximate surface area is 107 Å². The Balaban J connectivity index is 2.48. The first-order valence-electron chi connectivity index (χ1n) is 6.06. The van der Waals surface area contributed by atoms with Gasteiger partial charge in [0.15, 0.2) is 0 Å². The molecular formula is C12H21N3OS. The highest BCUT2D eigenvalue weighted by atomic mass is 32.2. The average Bonchev–Trinajstić information content (AvgIpc) is 2.74. The van der Waals surface area contributed by atoms with Crippen LogP contribution in [0.5, 0.6) is 0 Å². The van der Waals surface area contributed by atoms with Gasteiger partial charge < -0.3 is 0 Å². The highest BCUT2D eigenvalue weighted by Gasteiger charge is 2.13. The van der Waals surface area contributed by atoms with Gasteiger partial charge in [-0.25, -0.2) is 9.67 Å². The third-order valence-corrected chi connectivity index (χ3v) is 3.99. The molecule has 1 aromatic rings. The normalized spacial score (nSPS) is 13.0. The smallest absolute Gasteiger partial charge is 0.150 e. The Morgan fingerprint density at radius 1 is 1.47 bits per heavy atom. The predicted octanol–water partition coefficient (Wildman–Crippen LogP) is 2.50. The molecule has 5 heteroatoms. The Kier molecular flexibility index (Phi) is 5.68. The number of thioether (sulfide) groups is 1. The summed E-state index contributed by atoms with van der Waals surface area (Å²) in [7, 11) is 0. The molecule has 1 heterocycles. The van der Waals surface area contributed by atoms with Crippen LogP contribution in [0.15, 0.2) is 6.33 Å². The van der Waals surface area contributed by atoms with Gasteiger partial charge in [-0.15, -0.1) is 0 Å². The van der Waals surface area contributed by atoms with Gasteiger partial charge in [-0.05, 0) is 20.3 Å². The van der Waals surface area contributed by atoms with Crippen LogP contribution in [0.4, 0.5) is 0 Å². The average molecular weight is 255 g/mol. The quantitative estimate of drug-likeness (QED) is 0.751. The first-order chi connectivity index (χ1) is 8.04. The predicted molar refractivity (Wildman–Crippen MR) is 71.3 cm³/mol. The van der Waals surface area contributed by atoms with E-state index in [2.05, 4.69) is 23.9 Å². The number of aromatic nitrogens is 3. The molecule has 0 radical (unpaired) electrons. The van der Waals surface area contributed by atoms with Crippen molar-refractivity contribution in [2.75, 3.05) is 5.75 Å². The van der Waals surface area contributed by atoms with Crippen molar-refractivity contribution in [2.24, 2.45) is 0 Å². The number of nitrogens with zero attached hydrogens (tertiary/aromatic N) is 3. The zero-order valence-electron chi connectivity index (χ0n) is 11.0. The fourth-order valence-electron chi connectivity index (χ4n) is 1.41. The minimum absolute atomic E-state index is 0.227. The number of hydrogen-bond donors (Lipinski definition) is 0. The van der Waals surface area contributed by atoms with Crippen molar-refractivity contribution in [1.29, 1.82) is 0 Å². The minimum atomic E-state index is 0.227. The lowest BCUT2D eigenvalue weighted by molar-refractivity contribution is -0.116. The van der Waals surface area contributed by atoms with Crippen molar-refractivity contribution in [3.63, 3.8) is 0 Å². The van der Waals surface area contributed by atoms with Crippen LogP contribution in [-0.2, 0) is 11.2 Å². The van der Waals surface area contributed by atoms with Crippen molar-refractivity contribution in [3.8, 4) is 0 Å². The molecule has 0 aliphatic rings. The van der Waals surface area contributed by atoms with Crippen LogP contribution < -0.4 is 0 Å². The third-order valence-electron chi connectivity index (χ3n) is 2.60. The van der Waals surface area contributed by atoms with Crippen molar-refractivity contribution >= 4 is 17.5 Å². The van der Waals surface area contributed by atoms with Gasteiger partial charge in [0.05, 0.1) is 12.2 Å². The highest BCUT2D eigenvalue weighted by Crippen LogP contribution is 2.14. The first kappa shape index (κ1) is 14.2. The number of Topliss-reactive ketones (excluding diaryl/α,β-unsaturated/α-hetero) is 1. The minimum Gasteiger partial charge on any atom is -0.298 e. The number of carbonyl (C=O) groups excluding carboxylic acids is 1. The van der Waals surface area contributed by atoms with E-state index in [1.165, 1.54) is 6.33 Å². The summed E-state index contributed by atoms with van der Waals surface area (Å²) in [5, 5.41) is 4.67. The van der Waals surface area contributed by atoms with Crippen LogP contribution in [0.25, 0.3) is 0 Å². The van der Waals surface area contributed by atoms with Crippen LogP contribution in [0.3, 0.4) is 0 Å². The molecule has 0 saturated carbocycles. The second-order valence-corrected chi connectivity index (χ2v) is 5.89. The summed E-state index contributed by atoms with van der Waals surface area (Å²) in [6, 6.07) is 0.252. The maximum Gasteiger partial charge on any atom is 0.150 e. The van der Waals surface area contributed by atoms with Gasteiger partial charge in [0.1, 0.15) is 17.9 Å². The lowest BCUT2D eigenvalue weighted by Gasteiger charge is -2.10. The van der Waals surface area contributed by atoms with Gasteiger partial charge in [-0.3, -0.25) is 4.79 Å². The first-order valence-corrected chi connectivity index (χ1v) is 7.11. The maximum atomic E-state index is 11.8. The number of carbonyl (C=O) groups is 1. The Morgan fingerprint density at radius 2 is 2.18 bits per heavy atom. The molecule has 0 aromatic carbocycles. The molecular weight excluding hydrogens is 234 g/mol. The number of hydrogen-bond acceptors (Lipinski definition) is 4. The summed E-state index contributed by atoms with van der Waals surface area (Å²) in [6.45, 7) is 8.36. The standard InChI is InChI=1S/C12H21N3OS/c1-5-10(4)17-7-11(16)6-12-13-8-14-15(12)9(2)3/h8-10H,5-7H2,1-4H3. The van der Waals surface area contributed by atoms with Gasteiger partial charge >= 0.3 is 0 Å². The summed E-state index contributed by atoms with van der Waals surface area (Å²) in [4.78, 5) is 16.0. The summed E-state index contributed by atoms with van der Waals surface area (Å²) >= 11 is 1.71. The fourth-order valence-corrected chi connectivity index (χ4v) is 2.22. The Morgan fingerprint density at radius 3 is 2.76 bits per heavy atom. The van der Waals surface area contributed by atoms with Crippen molar-refractivity contribution < 1.29 is 4.79 Å². The zero-order chi connectivity index (χ0) is 12.8.